The Hall–Kier alpha value is -0.940. The molecule has 0 saturated heterocycles. The van der Waals surface area contributed by atoms with Gasteiger partial charge in [-0.2, -0.15) is 0 Å². The first-order chi connectivity index (χ1) is 7.35. The van der Waals surface area contributed by atoms with Crippen molar-refractivity contribution < 1.29 is 12.8 Å². The summed E-state index contributed by atoms with van der Waals surface area (Å²) < 4.78 is 37.6. The Labute approximate surface area is 95.4 Å². The summed E-state index contributed by atoms with van der Waals surface area (Å²) in [5, 5.41) is 0. The van der Waals surface area contributed by atoms with Gasteiger partial charge in [0.05, 0.1) is 10.6 Å². The summed E-state index contributed by atoms with van der Waals surface area (Å²) >= 11 is 0. The van der Waals surface area contributed by atoms with Crippen LogP contribution in [0.5, 0.6) is 0 Å². The van der Waals surface area contributed by atoms with Gasteiger partial charge in [0.25, 0.3) is 0 Å². The molecule has 16 heavy (non-hydrogen) atoms. The van der Waals surface area contributed by atoms with Crippen molar-refractivity contribution in [1.29, 1.82) is 0 Å². The second kappa shape index (κ2) is 4.51. The molecule has 0 bridgehead atoms. The van der Waals surface area contributed by atoms with Gasteiger partial charge in [0.1, 0.15) is 5.67 Å². The van der Waals surface area contributed by atoms with Crippen LogP contribution in [0.1, 0.15) is 19.4 Å². The molecule has 1 atom stereocenters. The lowest BCUT2D eigenvalue weighted by Gasteiger charge is -2.21. The first-order valence-electron chi connectivity index (χ1n) is 5.06. The third-order valence-electron chi connectivity index (χ3n) is 2.55. The van der Waals surface area contributed by atoms with Crippen LogP contribution in [-0.4, -0.2) is 20.7 Å². The van der Waals surface area contributed by atoms with Crippen molar-refractivity contribution in [2.75, 3.05) is 12.3 Å². The number of hydrogen-bond donors (Lipinski definition) is 1. The second-order valence-electron chi connectivity index (χ2n) is 3.80. The van der Waals surface area contributed by atoms with Gasteiger partial charge in [-0.3, -0.25) is 0 Å². The molecule has 0 amide bonds. The van der Waals surface area contributed by atoms with E-state index in [9.17, 15) is 12.8 Å². The molecule has 0 fully saturated rings. The van der Waals surface area contributed by atoms with Gasteiger partial charge in [-0.15, -0.1) is 0 Å². The lowest BCUT2D eigenvalue weighted by molar-refractivity contribution is 0.199. The zero-order chi connectivity index (χ0) is 12.4. The molecule has 0 spiro atoms. The maximum absolute atomic E-state index is 14.1. The summed E-state index contributed by atoms with van der Waals surface area (Å²) in [4.78, 5) is 0.0351. The number of nitrogens with two attached hydrogens (primary N) is 1. The number of benzene rings is 1. The summed E-state index contributed by atoms with van der Waals surface area (Å²) in [6, 6.07) is 6.08. The van der Waals surface area contributed by atoms with Crippen LogP contribution >= 0.6 is 0 Å². The van der Waals surface area contributed by atoms with Crippen molar-refractivity contribution in [3.05, 3.63) is 29.8 Å². The highest BCUT2D eigenvalue weighted by Gasteiger charge is 2.30. The van der Waals surface area contributed by atoms with Crippen LogP contribution < -0.4 is 5.73 Å². The van der Waals surface area contributed by atoms with Crippen LogP contribution in [-0.2, 0) is 15.5 Å². The van der Waals surface area contributed by atoms with Crippen molar-refractivity contribution in [2.45, 2.75) is 24.4 Å². The normalized spacial score (nSPS) is 15.8. The Morgan fingerprint density at radius 1 is 1.38 bits per heavy atom. The van der Waals surface area contributed by atoms with E-state index in [1.165, 1.54) is 26.0 Å². The Morgan fingerprint density at radius 3 is 2.44 bits per heavy atom. The van der Waals surface area contributed by atoms with Crippen molar-refractivity contribution in [2.24, 2.45) is 5.73 Å². The third kappa shape index (κ3) is 2.41. The van der Waals surface area contributed by atoms with Crippen LogP contribution in [0.2, 0.25) is 0 Å². The van der Waals surface area contributed by atoms with Gasteiger partial charge in [0, 0.05) is 12.1 Å². The van der Waals surface area contributed by atoms with Crippen molar-refractivity contribution >= 4 is 9.84 Å². The van der Waals surface area contributed by atoms with E-state index in [1.807, 2.05) is 0 Å². The molecule has 0 aliphatic rings. The molecule has 5 heteroatoms. The monoisotopic (exact) mass is 245 g/mol. The SMILES string of the molecule is CCS(=O)(=O)c1ccccc1C(C)(F)CN. The molecule has 0 heterocycles. The maximum atomic E-state index is 14.1. The van der Waals surface area contributed by atoms with Gasteiger partial charge in [0.2, 0.25) is 0 Å². The number of sulfone groups is 1. The third-order valence-corrected chi connectivity index (χ3v) is 4.33. The molecule has 0 saturated carbocycles. The molecule has 0 aliphatic heterocycles. The fourth-order valence-corrected chi connectivity index (χ4v) is 2.65. The van der Waals surface area contributed by atoms with Crippen LogP contribution in [0.3, 0.4) is 0 Å². The van der Waals surface area contributed by atoms with Crippen molar-refractivity contribution in [1.82, 2.24) is 0 Å². The van der Waals surface area contributed by atoms with E-state index in [0.717, 1.165) is 0 Å². The van der Waals surface area contributed by atoms with E-state index in [-0.39, 0.29) is 22.8 Å². The quantitative estimate of drug-likeness (QED) is 0.877. The molecule has 0 aromatic heterocycles. The van der Waals surface area contributed by atoms with E-state index in [2.05, 4.69) is 0 Å². The van der Waals surface area contributed by atoms with Gasteiger partial charge < -0.3 is 5.73 Å². The number of rotatable bonds is 4. The van der Waals surface area contributed by atoms with Crippen LogP contribution in [0.25, 0.3) is 0 Å². The molecule has 1 aromatic rings. The molecule has 1 unspecified atom stereocenters. The average molecular weight is 245 g/mol. The molecule has 0 radical (unpaired) electrons. The van der Waals surface area contributed by atoms with Crippen LogP contribution in [0, 0.1) is 0 Å². The summed E-state index contributed by atoms with van der Waals surface area (Å²) in [6.07, 6.45) is 0. The Balaban J connectivity index is 3.44. The van der Waals surface area contributed by atoms with E-state index in [1.54, 1.807) is 12.1 Å². The van der Waals surface area contributed by atoms with Gasteiger partial charge in [0.15, 0.2) is 9.84 Å². The fourth-order valence-electron chi connectivity index (χ4n) is 1.43. The lowest BCUT2D eigenvalue weighted by Crippen LogP contribution is -2.28. The molecule has 0 aliphatic carbocycles. The highest BCUT2D eigenvalue weighted by molar-refractivity contribution is 7.91. The van der Waals surface area contributed by atoms with Gasteiger partial charge in [-0.25, -0.2) is 12.8 Å². The molecule has 3 nitrogen and oxygen atoms in total. The zero-order valence-corrected chi connectivity index (χ0v) is 10.2. The van der Waals surface area contributed by atoms with Gasteiger partial charge in [-0.05, 0) is 13.0 Å². The molecule has 90 valence electrons. The summed E-state index contributed by atoms with van der Waals surface area (Å²) in [6.45, 7) is 2.57. The second-order valence-corrected chi connectivity index (χ2v) is 6.05. The van der Waals surface area contributed by atoms with Crippen molar-refractivity contribution in [3.8, 4) is 0 Å². The predicted molar refractivity (Wildman–Crippen MR) is 61.7 cm³/mol. The largest absolute Gasteiger partial charge is 0.327 e. The highest BCUT2D eigenvalue weighted by atomic mass is 32.2. The number of hydrogen-bond acceptors (Lipinski definition) is 3. The minimum atomic E-state index is -3.42. The molecular weight excluding hydrogens is 229 g/mol. The van der Waals surface area contributed by atoms with Crippen molar-refractivity contribution in [3.63, 3.8) is 0 Å². The smallest absolute Gasteiger partial charge is 0.178 e. The fraction of sp³-hybridized carbons (Fsp3) is 0.455. The zero-order valence-electron chi connectivity index (χ0n) is 9.40. The molecule has 2 N–H and O–H groups in total. The Kier molecular flexibility index (Phi) is 3.70. The van der Waals surface area contributed by atoms with E-state index in [4.69, 9.17) is 5.73 Å². The Bertz CT molecular complexity index is 469. The van der Waals surface area contributed by atoms with E-state index < -0.39 is 15.5 Å². The highest BCUT2D eigenvalue weighted by Crippen LogP contribution is 2.30. The van der Waals surface area contributed by atoms with Gasteiger partial charge >= 0.3 is 0 Å². The minimum absolute atomic E-state index is 0.0351. The van der Waals surface area contributed by atoms with Crippen LogP contribution in [0.4, 0.5) is 4.39 Å². The standard InChI is InChI=1S/C11H16FNO2S/c1-3-16(14,15)10-7-5-4-6-9(10)11(2,12)8-13/h4-7H,3,8,13H2,1-2H3. The van der Waals surface area contributed by atoms with E-state index in [0.29, 0.717) is 0 Å². The summed E-state index contributed by atoms with van der Waals surface area (Å²) in [5.41, 5.74) is 3.64. The minimum Gasteiger partial charge on any atom is -0.327 e. The predicted octanol–water partition coefficient (Wildman–Crippen LogP) is 1.62. The summed E-state index contributed by atoms with van der Waals surface area (Å²) in [7, 11) is -3.42. The van der Waals surface area contributed by atoms with E-state index >= 15 is 0 Å². The number of alkyl halides is 1. The average Bonchev–Trinajstić information content (AvgIpc) is 2.29. The lowest BCUT2D eigenvalue weighted by atomic mass is 9.98. The van der Waals surface area contributed by atoms with Crippen LogP contribution in [0.15, 0.2) is 29.2 Å². The molecule has 1 aromatic carbocycles. The summed E-state index contributed by atoms with van der Waals surface area (Å²) in [5.74, 6) is -0.0509. The molecular formula is C11H16FNO2S. The maximum Gasteiger partial charge on any atom is 0.178 e. The number of halogens is 1. The van der Waals surface area contributed by atoms with Gasteiger partial charge in [-0.1, -0.05) is 25.1 Å². The molecule has 1 rings (SSSR count). The first-order valence-corrected chi connectivity index (χ1v) is 6.71. The Morgan fingerprint density at radius 2 is 1.94 bits per heavy atom. The topological polar surface area (TPSA) is 60.2 Å². The first kappa shape index (κ1) is 13.1.